The Kier molecular flexibility index (Phi) is 3.84. The fourth-order valence-corrected chi connectivity index (χ4v) is 2.81. The highest BCUT2D eigenvalue weighted by molar-refractivity contribution is 7.99. The molecule has 0 saturated heterocycles. The van der Waals surface area contributed by atoms with Gasteiger partial charge in [-0.25, -0.2) is 4.98 Å². The lowest BCUT2D eigenvalue weighted by molar-refractivity contribution is 0.642. The minimum absolute atomic E-state index is 0.599. The Hall–Kier alpha value is -0.760. The van der Waals surface area contributed by atoms with Gasteiger partial charge >= 0.3 is 0 Å². The van der Waals surface area contributed by atoms with Crippen LogP contribution >= 0.6 is 11.8 Å². The molecule has 1 aromatic heterocycles. The summed E-state index contributed by atoms with van der Waals surface area (Å²) in [7, 11) is 0. The van der Waals surface area contributed by atoms with E-state index in [1.165, 1.54) is 29.9 Å². The van der Waals surface area contributed by atoms with E-state index in [9.17, 15) is 0 Å². The van der Waals surface area contributed by atoms with Crippen molar-refractivity contribution in [2.24, 2.45) is 0 Å². The Morgan fingerprint density at radius 3 is 3.20 bits per heavy atom. The first-order valence-corrected chi connectivity index (χ1v) is 6.64. The molecule has 0 amide bonds. The molecule has 0 aromatic carbocycles. The summed E-state index contributed by atoms with van der Waals surface area (Å²) in [4.78, 5) is 4.47. The van der Waals surface area contributed by atoms with Crippen molar-refractivity contribution in [2.45, 2.75) is 37.1 Å². The third-order valence-electron chi connectivity index (χ3n) is 2.74. The number of thioether (sulfide) groups is 1. The quantitative estimate of drug-likeness (QED) is 0.562. The van der Waals surface area contributed by atoms with Gasteiger partial charge in [0.25, 0.3) is 0 Å². The van der Waals surface area contributed by atoms with Crippen LogP contribution in [0.1, 0.15) is 37.7 Å². The summed E-state index contributed by atoms with van der Waals surface area (Å²) in [6.45, 7) is 2.18. The third-order valence-corrected chi connectivity index (χ3v) is 3.64. The molecule has 1 unspecified atom stereocenters. The third kappa shape index (κ3) is 2.63. The summed E-state index contributed by atoms with van der Waals surface area (Å²) in [6.07, 6.45) is 10.4. The number of allylic oxidation sites excluding steroid dienone is 2. The topological polar surface area (TPSA) is 12.9 Å². The molecule has 1 aliphatic carbocycles. The molecule has 1 aromatic rings. The molecule has 0 fully saturated rings. The van der Waals surface area contributed by atoms with Crippen LogP contribution in [0.5, 0.6) is 0 Å². The van der Waals surface area contributed by atoms with Crippen molar-refractivity contribution in [3.63, 3.8) is 0 Å². The lowest BCUT2D eigenvalue weighted by atomic mass is 9.90. The SMILES string of the molecule is CCSc1ncccc1C1C=CCCC1. The molecule has 1 atom stereocenters. The van der Waals surface area contributed by atoms with Crippen molar-refractivity contribution in [3.05, 3.63) is 36.0 Å². The largest absolute Gasteiger partial charge is 0.250 e. The second kappa shape index (κ2) is 5.36. The Labute approximate surface area is 96.0 Å². The average Bonchev–Trinajstić information content (AvgIpc) is 2.31. The zero-order valence-corrected chi connectivity index (χ0v) is 9.96. The van der Waals surface area contributed by atoms with E-state index in [1.807, 2.05) is 18.0 Å². The average molecular weight is 219 g/mol. The van der Waals surface area contributed by atoms with E-state index in [0.717, 1.165) is 5.75 Å². The van der Waals surface area contributed by atoms with E-state index in [2.05, 4.69) is 36.2 Å². The van der Waals surface area contributed by atoms with Crippen molar-refractivity contribution >= 4 is 11.8 Å². The highest BCUT2D eigenvalue weighted by Crippen LogP contribution is 2.32. The van der Waals surface area contributed by atoms with E-state index in [0.29, 0.717) is 5.92 Å². The number of nitrogens with zero attached hydrogens (tertiary/aromatic N) is 1. The predicted molar refractivity (Wildman–Crippen MR) is 66.4 cm³/mol. The van der Waals surface area contributed by atoms with Gasteiger partial charge in [0, 0.05) is 12.1 Å². The number of hydrogen-bond donors (Lipinski definition) is 0. The molecule has 1 heterocycles. The zero-order valence-electron chi connectivity index (χ0n) is 9.15. The van der Waals surface area contributed by atoms with Gasteiger partial charge in [0.1, 0.15) is 0 Å². The van der Waals surface area contributed by atoms with Gasteiger partial charge < -0.3 is 0 Å². The number of hydrogen-bond acceptors (Lipinski definition) is 2. The second-order valence-corrected chi connectivity index (χ2v) is 5.05. The summed E-state index contributed by atoms with van der Waals surface area (Å²) in [5.41, 5.74) is 1.42. The monoisotopic (exact) mass is 219 g/mol. The smallest absolute Gasteiger partial charge is 0.0997 e. The van der Waals surface area contributed by atoms with Gasteiger partial charge in [-0.3, -0.25) is 0 Å². The maximum atomic E-state index is 4.47. The first-order chi connectivity index (χ1) is 7.42. The van der Waals surface area contributed by atoms with Gasteiger partial charge in [0.05, 0.1) is 5.03 Å². The number of pyridine rings is 1. The molecule has 0 bridgehead atoms. The Balaban J connectivity index is 2.25. The molecule has 15 heavy (non-hydrogen) atoms. The molecule has 0 spiro atoms. The van der Waals surface area contributed by atoms with Crippen LogP contribution in [-0.2, 0) is 0 Å². The minimum Gasteiger partial charge on any atom is -0.250 e. The highest BCUT2D eigenvalue weighted by atomic mass is 32.2. The molecule has 0 radical (unpaired) electrons. The summed E-state index contributed by atoms with van der Waals surface area (Å²) in [5.74, 6) is 1.70. The normalized spacial score (nSPS) is 20.5. The predicted octanol–water partition coefficient (Wildman–Crippen LogP) is 4.02. The van der Waals surface area contributed by atoms with Gasteiger partial charge in [-0.15, -0.1) is 11.8 Å². The van der Waals surface area contributed by atoms with Gasteiger partial charge in [-0.2, -0.15) is 0 Å². The van der Waals surface area contributed by atoms with Crippen LogP contribution in [0.4, 0.5) is 0 Å². The van der Waals surface area contributed by atoms with Crippen molar-refractivity contribution in [1.29, 1.82) is 0 Å². The molecule has 2 heteroatoms. The fraction of sp³-hybridized carbons (Fsp3) is 0.462. The van der Waals surface area contributed by atoms with Crippen molar-refractivity contribution in [1.82, 2.24) is 4.98 Å². The van der Waals surface area contributed by atoms with Gasteiger partial charge in [-0.1, -0.05) is 25.1 Å². The first-order valence-electron chi connectivity index (χ1n) is 5.66. The molecular formula is C13H17NS. The van der Waals surface area contributed by atoms with Crippen molar-refractivity contribution in [2.75, 3.05) is 5.75 Å². The lowest BCUT2D eigenvalue weighted by Crippen LogP contribution is -2.02. The molecule has 80 valence electrons. The maximum Gasteiger partial charge on any atom is 0.0997 e. The standard InChI is InChI=1S/C13H17NS/c1-2-15-13-12(9-6-10-14-13)11-7-4-3-5-8-11/h4,6-7,9-11H,2-3,5,8H2,1H3. The van der Waals surface area contributed by atoms with E-state index in [-0.39, 0.29) is 0 Å². The van der Waals surface area contributed by atoms with Crippen LogP contribution in [0.25, 0.3) is 0 Å². The zero-order chi connectivity index (χ0) is 10.5. The van der Waals surface area contributed by atoms with E-state index >= 15 is 0 Å². The molecular weight excluding hydrogens is 202 g/mol. The molecule has 0 N–H and O–H groups in total. The van der Waals surface area contributed by atoms with Crippen LogP contribution in [-0.4, -0.2) is 10.7 Å². The van der Waals surface area contributed by atoms with Crippen LogP contribution in [0, 0.1) is 0 Å². The van der Waals surface area contributed by atoms with Crippen LogP contribution in [0.3, 0.4) is 0 Å². The summed E-state index contributed by atoms with van der Waals surface area (Å²) in [5, 5.41) is 1.22. The van der Waals surface area contributed by atoms with Gasteiger partial charge in [0.15, 0.2) is 0 Å². The van der Waals surface area contributed by atoms with Crippen LogP contribution < -0.4 is 0 Å². The molecule has 1 aliphatic rings. The number of aromatic nitrogens is 1. The van der Waals surface area contributed by atoms with Crippen LogP contribution in [0.2, 0.25) is 0 Å². The van der Waals surface area contributed by atoms with E-state index in [1.54, 1.807) is 0 Å². The Morgan fingerprint density at radius 2 is 2.47 bits per heavy atom. The summed E-state index contributed by atoms with van der Waals surface area (Å²) in [6, 6.07) is 4.28. The van der Waals surface area contributed by atoms with Crippen LogP contribution in [0.15, 0.2) is 35.5 Å². The van der Waals surface area contributed by atoms with E-state index in [4.69, 9.17) is 0 Å². The van der Waals surface area contributed by atoms with E-state index < -0.39 is 0 Å². The minimum atomic E-state index is 0.599. The maximum absolute atomic E-state index is 4.47. The lowest BCUT2D eigenvalue weighted by Gasteiger charge is -2.18. The Morgan fingerprint density at radius 1 is 1.53 bits per heavy atom. The van der Waals surface area contributed by atoms with Gasteiger partial charge in [0.2, 0.25) is 0 Å². The second-order valence-electron chi connectivity index (χ2n) is 3.80. The number of rotatable bonds is 3. The molecule has 0 aliphatic heterocycles. The van der Waals surface area contributed by atoms with Crippen molar-refractivity contribution in [3.8, 4) is 0 Å². The summed E-state index contributed by atoms with van der Waals surface area (Å²) < 4.78 is 0. The van der Waals surface area contributed by atoms with Gasteiger partial charge in [-0.05, 0) is 36.6 Å². The highest BCUT2D eigenvalue weighted by Gasteiger charge is 2.14. The Bertz CT molecular complexity index is 346. The fourth-order valence-electron chi connectivity index (χ4n) is 2.01. The first kappa shape index (κ1) is 10.7. The van der Waals surface area contributed by atoms with Crippen molar-refractivity contribution < 1.29 is 0 Å². The summed E-state index contributed by atoms with van der Waals surface area (Å²) >= 11 is 1.85. The molecule has 1 nitrogen and oxygen atoms in total. The molecule has 2 rings (SSSR count). The molecule has 0 saturated carbocycles.